The average molecular weight is 725 g/mol. The van der Waals surface area contributed by atoms with Crippen LogP contribution in [0.1, 0.15) is 54.9 Å². The highest BCUT2D eigenvalue weighted by Crippen LogP contribution is 2.47. The predicted octanol–water partition coefficient (Wildman–Crippen LogP) is 5.32. The van der Waals surface area contributed by atoms with Crippen LogP contribution in [0.25, 0.3) is 0 Å². The van der Waals surface area contributed by atoms with Gasteiger partial charge in [-0.15, -0.1) is 0 Å². The predicted molar refractivity (Wildman–Crippen MR) is 206 cm³/mol. The number of fused-ring (bicyclic) bond motifs is 2. The Hall–Kier alpha value is -3.42. The van der Waals surface area contributed by atoms with Crippen LogP contribution >= 0.6 is 0 Å². The van der Waals surface area contributed by atoms with Crippen molar-refractivity contribution in [1.82, 2.24) is 0 Å². The molecule has 0 aliphatic carbocycles. The summed E-state index contributed by atoms with van der Waals surface area (Å²) in [6.07, 6.45) is -3.34. The van der Waals surface area contributed by atoms with Crippen LogP contribution in [0.2, 0.25) is 10.1 Å². The number of esters is 1. The van der Waals surface area contributed by atoms with Gasteiger partial charge >= 0.3 is 5.97 Å². The van der Waals surface area contributed by atoms with E-state index >= 15 is 0 Å². The molecule has 6 rings (SSSR count). The topological polar surface area (TPSA) is 83.5 Å². The van der Waals surface area contributed by atoms with Gasteiger partial charge in [0.15, 0.2) is 0 Å². The van der Waals surface area contributed by atoms with Crippen LogP contribution in [-0.2, 0) is 27.9 Å². The molecule has 2 aliphatic heterocycles. The molecule has 2 aliphatic rings. The lowest BCUT2D eigenvalue weighted by Crippen LogP contribution is -2.71. The molecule has 0 amide bonds. The number of hydrogen-bond donors (Lipinski definition) is 1. The molecule has 9 heteroatoms. The summed E-state index contributed by atoms with van der Waals surface area (Å²) in [5, 5.41) is 15.3. The Bertz CT molecular complexity index is 1660. The molecule has 1 N–H and O–H groups in total. The van der Waals surface area contributed by atoms with Crippen LogP contribution in [0.3, 0.4) is 0 Å². The number of hydrogen-bond acceptors (Lipinski definition) is 7. The molecule has 270 valence electrons. The fraction of sp³-hybridized carbons (Fsp3) is 0.405. The van der Waals surface area contributed by atoms with Crippen LogP contribution in [0.4, 0.5) is 0 Å². The van der Waals surface area contributed by atoms with E-state index in [2.05, 4.69) is 139 Å². The molecule has 2 fully saturated rings. The number of rotatable bonds is 12. The van der Waals surface area contributed by atoms with Gasteiger partial charge in [0.05, 0.1) is 25.4 Å². The monoisotopic (exact) mass is 724 g/mol. The molecule has 2 heterocycles. The Balaban J connectivity index is 1.53. The second kappa shape index (κ2) is 14.5. The summed E-state index contributed by atoms with van der Waals surface area (Å²) in [5.74, 6) is -2.35. The third-order valence-corrected chi connectivity index (χ3v) is 20.5. The van der Waals surface area contributed by atoms with Gasteiger partial charge in [-0.2, -0.15) is 0 Å². The maximum Gasteiger partial charge on any atom is 0.366 e. The summed E-state index contributed by atoms with van der Waals surface area (Å²) in [6.45, 7) is 15.5. The number of ether oxygens (including phenoxy) is 3. The largest absolute Gasteiger partial charge is 0.462 e. The second-order valence-electron chi connectivity index (χ2n) is 15.7. The minimum atomic E-state index is -3.19. The lowest BCUT2D eigenvalue weighted by molar-refractivity contribution is -0.213. The van der Waals surface area contributed by atoms with Crippen molar-refractivity contribution >= 4 is 43.4 Å². The molecule has 0 aromatic heterocycles. The molecule has 0 spiro atoms. The highest BCUT2D eigenvalue weighted by molar-refractivity contribution is 7.00. The van der Waals surface area contributed by atoms with Crippen LogP contribution in [0.5, 0.6) is 0 Å². The molecular formula is C42H52O7Si2. The molecule has 0 saturated carbocycles. The van der Waals surface area contributed by atoms with Crippen molar-refractivity contribution in [2.75, 3.05) is 13.2 Å². The van der Waals surface area contributed by atoms with Crippen LogP contribution in [0, 0.1) is 0 Å². The first-order valence-corrected chi connectivity index (χ1v) is 21.9. The molecule has 7 nitrogen and oxygen atoms in total. The van der Waals surface area contributed by atoms with E-state index in [1.54, 1.807) is 6.92 Å². The molecule has 4 aromatic rings. The Labute approximate surface area is 305 Å². The Morgan fingerprint density at radius 1 is 0.725 bits per heavy atom. The maximum absolute atomic E-state index is 13.4. The summed E-state index contributed by atoms with van der Waals surface area (Å²) >= 11 is 0. The lowest BCUT2D eigenvalue weighted by Gasteiger charge is -2.48. The van der Waals surface area contributed by atoms with E-state index in [0.29, 0.717) is 0 Å². The second-order valence-corrected chi connectivity index (χ2v) is 24.3. The number of benzene rings is 4. The van der Waals surface area contributed by atoms with Crippen molar-refractivity contribution in [3.8, 4) is 0 Å². The normalized spacial score (nSPS) is 22.9. The molecule has 5 atom stereocenters. The van der Waals surface area contributed by atoms with Crippen molar-refractivity contribution in [2.45, 2.75) is 95.2 Å². The summed E-state index contributed by atoms with van der Waals surface area (Å²) in [7, 11) is -6.24. The molecule has 4 aromatic carbocycles. The van der Waals surface area contributed by atoms with Crippen molar-refractivity contribution < 1.29 is 33.0 Å². The molecule has 2 bridgehead atoms. The van der Waals surface area contributed by atoms with Gasteiger partial charge in [-0.3, -0.25) is 0 Å². The van der Waals surface area contributed by atoms with E-state index in [4.69, 9.17) is 23.1 Å². The van der Waals surface area contributed by atoms with E-state index < -0.39 is 52.8 Å². The van der Waals surface area contributed by atoms with Crippen LogP contribution < -0.4 is 20.7 Å². The molecule has 51 heavy (non-hydrogen) atoms. The molecular weight excluding hydrogens is 673 g/mol. The number of carbonyl (C=O) groups excluding carboxylic acids is 1. The summed E-state index contributed by atoms with van der Waals surface area (Å²) in [6, 6.07) is 41.9. The highest BCUT2D eigenvalue weighted by atomic mass is 28.4. The summed E-state index contributed by atoms with van der Waals surface area (Å²) in [5.41, 5.74) is 0. The van der Waals surface area contributed by atoms with E-state index in [9.17, 15) is 9.90 Å². The number of carbonyl (C=O) groups is 1. The smallest absolute Gasteiger partial charge is 0.366 e. The van der Waals surface area contributed by atoms with Crippen LogP contribution in [-0.4, -0.2) is 71.1 Å². The quantitative estimate of drug-likeness (QED) is 0.157. The van der Waals surface area contributed by atoms with Gasteiger partial charge in [0.1, 0.15) is 12.2 Å². The third-order valence-electron chi connectivity index (χ3n) is 10.4. The lowest BCUT2D eigenvalue weighted by atomic mass is 9.98. The fourth-order valence-corrected chi connectivity index (χ4v) is 17.4. The number of aliphatic hydroxyl groups is 1. The van der Waals surface area contributed by atoms with Gasteiger partial charge in [-0.25, -0.2) is 4.79 Å². The van der Waals surface area contributed by atoms with Gasteiger partial charge in [0, 0.05) is 6.42 Å². The Morgan fingerprint density at radius 2 is 1.14 bits per heavy atom. The first-order chi connectivity index (χ1) is 24.3. The Kier molecular flexibility index (Phi) is 10.6. The Morgan fingerprint density at radius 3 is 1.53 bits per heavy atom. The minimum Gasteiger partial charge on any atom is -0.462 e. The first-order valence-electron chi connectivity index (χ1n) is 18.0. The van der Waals surface area contributed by atoms with E-state index in [1.165, 1.54) is 0 Å². The average Bonchev–Trinajstić information content (AvgIpc) is 3.67. The van der Waals surface area contributed by atoms with E-state index in [-0.39, 0.29) is 29.7 Å². The van der Waals surface area contributed by atoms with E-state index in [0.717, 1.165) is 20.7 Å². The van der Waals surface area contributed by atoms with Crippen molar-refractivity contribution in [3.63, 3.8) is 0 Å². The van der Waals surface area contributed by atoms with Gasteiger partial charge in [-0.05, 0) is 37.7 Å². The van der Waals surface area contributed by atoms with Gasteiger partial charge in [-0.1, -0.05) is 163 Å². The molecule has 2 saturated heterocycles. The van der Waals surface area contributed by atoms with Crippen molar-refractivity contribution in [3.05, 3.63) is 121 Å². The molecule has 0 radical (unpaired) electrons. The zero-order valence-corrected chi connectivity index (χ0v) is 32.9. The van der Waals surface area contributed by atoms with Crippen molar-refractivity contribution in [2.24, 2.45) is 0 Å². The van der Waals surface area contributed by atoms with Gasteiger partial charge < -0.3 is 28.2 Å². The van der Waals surface area contributed by atoms with Gasteiger partial charge in [0.2, 0.25) is 0 Å². The number of aliphatic hydroxyl groups excluding tert-OH is 1. The first kappa shape index (κ1) is 37.3. The fourth-order valence-electron chi connectivity index (χ4n) is 8.18. The summed E-state index contributed by atoms with van der Waals surface area (Å²) in [4.78, 5) is 13.4. The third kappa shape index (κ3) is 6.70. The summed E-state index contributed by atoms with van der Waals surface area (Å²) < 4.78 is 33.8. The maximum atomic E-state index is 13.4. The minimum absolute atomic E-state index is 0.00546. The van der Waals surface area contributed by atoms with Crippen LogP contribution in [0.15, 0.2) is 121 Å². The zero-order valence-electron chi connectivity index (χ0n) is 30.9. The SMILES string of the molecule is CCOC(=O)[C@@]12C[C@H](O)[C@@H](O1)[C@@H]([C@@H](CO[Si](c1ccccc1)(c1ccccc1)C(C)(C)C)O[Si](c1ccccc1)(c1ccccc1)C(C)(C)C)O2. The standard InChI is InChI=1S/C42H52O7Si2/c1-8-45-39(44)42-29-35(43)37(47-42)38(48-42)36(49-51(41(5,6)7,33-25-17-11-18-26-33)34-27-19-12-20-28-34)30-46-50(40(2,3)4,31-21-13-9-14-22-31)32-23-15-10-16-24-32/h9-28,35-38,43H,8,29-30H2,1-7H3/t35-,36+,37+,38+,42-/m0/s1. The van der Waals surface area contributed by atoms with Gasteiger partial charge in [0.25, 0.3) is 22.4 Å². The van der Waals surface area contributed by atoms with Crippen molar-refractivity contribution in [1.29, 1.82) is 0 Å². The highest BCUT2D eigenvalue weighted by Gasteiger charge is 2.66. The zero-order chi connectivity index (χ0) is 36.5. The van der Waals surface area contributed by atoms with E-state index in [1.807, 2.05) is 24.3 Å². The molecule has 0 unspecified atom stereocenters.